The lowest BCUT2D eigenvalue weighted by Gasteiger charge is -2.21. The van der Waals surface area contributed by atoms with Crippen LogP contribution in [0.15, 0.2) is 42.6 Å². The average Bonchev–Trinajstić information content (AvgIpc) is 2.28. The molecular formula is C13H14N2O2. The van der Waals surface area contributed by atoms with Gasteiger partial charge in [-0.05, 0) is 24.1 Å². The number of nitrogens with two attached hydrogens (primary N) is 1. The first kappa shape index (κ1) is 11.4. The van der Waals surface area contributed by atoms with Gasteiger partial charge >= 0.3 is 5.97 Å². The quantitative estimate of drug-likeness (QED) is 0.740. The maximum atomic E-state index is 10.8. The number of rotatable bonds is 3. The Labute approximate surface area is 99.4 Å². The highest BCUT2D eigenvalue weighted by Gasteiger charge is 2.19. The van der Waals surface area contributed by atoms with Gasteiger partial charge in [-0.15, -0.1) is 0 Å². The van der Waals surface area contributed by atoms with Crippen molar-refractivity contribution in [3.05, 3.63) is 48.2 Å². The zero-order valence-corrected chi connectivity index (χ0v) is 9.31. The minimum absolute atomic E-state index is 0.299. The molecule has 4 N–H and O–H groups in total. The number of hydrogen-bond acceptors (Lipinski definition) is 3. The van der Waals surface area contributed by atoms with Crippen LogP contribution >= 0.6 is 0 Å². The van der Waals surface area contributed by atoms with Gasteiger partial charge in [0.25, 0.3) is 0 Å². The van der Waals surface area contributed by atoms with E-state index >= 15 is 0 Å². The Balaban J connectivity index is 2.32. The van der Waals surface area contributed by atoms with E-state index in [1.165, 1.54) is 0 Å². The van der Waals surface area contributed by atoms with Gasteiger partial charge in [-0.25, -0.2) is 0 Å². The lowest BCUT2D eigenvalue weighted by Crippen LogP contribution is -2.30. The summed E-state index contributed by atoms with van der Waals surface area (Å²) in [6.45, 7) is 3.84. The first-order chi connectivity index (χ1) is 8.08. The van der Waals surface area contributed by atoms with Gasteiger partial charge in [-0.3, -0.25) is 4.79 Å². The average molecular weight is 230 g/mol. The second-order valence-corrected chi connectivity index (χ2v) is 4.01. The molecule has 17 heavy (non-hydrogen) atoms. The summed E-state index contributed by atoms with van der Waals surface area (Å²) >= 11 is 0. The van der Waals surface area contributed by atoms with Gasteiger partial charge in [-0.2, -0.15) is 0 Å². The van der Waals surface area contributed by atoms with E-state index in [1.807, 2.05) is 30.3 Å². The molecule has 0 saturated heterocycles. The zero-order valence-electron chi connectivity index (χ0n) is 9.31. The van der Waals surface area contributed by atoms with E-state index in [0.717, 1.165) is 22.5 Å². The summed E-state index contributed by atoms with van der Waals surface area (Å²) in [5.74, 6) is -0.993. The van der Waals surface area contributed by atoms with Gasteiger partial charge in [0.05, 0.1) is 0 Å². The summed E-state index contributed by atoms with van der Waals surface area (Å²) in [5.41, 5.74) is 9.13. The molecule has 1 aromatic carbocycles. The number of hydrogen-bond donors (Lipinski definition) is 3. The van der Waals surface area contributed by atoms with Gasteiger partial charge in [0.2, 0.25) is 0 Å². The topological polar surface area (TPSA) is 75.4 Å². The predicted molar refractivity (Wildman–Crippen MR) is 67.4 cm³/mol. The van der Waals surface area contributed by atoms with Crippen LogP contribution in [0.2, 0.25) is 0 Å². The van der Waals surface area contributed by atoms with Gasteiger partial charge < -0.3 is 16.2 Å². The number of carbonyl (C=O) groups is 1. The van der Waals surface area contributed by atoms with Crippen LogP contribution in [0.25, 0.3) is 5.57 Å². The summed E-state index contributed by atoms with van der Waals surface area (Å²) in [7, 11) is 0. The number of para-hydroxylation sites is 1. The maximum absolute atomic E-state index is 10.8. The summed E-state index contributed by atoms with van der Waals surface area (Å²) in [5, 5.41) is 12.0. The van der Waals surface area contributed by atoms with Crippen molar-refractivity contribution in [3.63, 3.8) is 0 Å². The number of aliphatic carboxylic acids is 1. The fourth-order valence-corrected chi connectivity index (χ4v) is 1.86. The molecule has 0 saturated carbocycles. The summed E-state index contributed by atoms with van der Waals surface area (Å²) < 4.78 is 0. The predicted octanol–water partition coefficient (Wildman–Crippen LogP) is 1.81. The lowest BCUT2D eigenvalue weighted by molar-refractivity contribution is -0.138. The molecule has 1 atom stereocenters. The third-order valence-electron chi connectivity index (χ3n) is 2.67. The molecule has 0 amide bonds. The molecule has 1 aliphatic heterocycles. The van der Waals surface area contributed by atoms with Crippen molar-refractivity contribution in [1.82, 2.24) is 0 Å². The number of nitrogens with one attached hydrogen (secondary N) is 1. The molecular weight excluding hydrogens is 216 g/mol. The van der Waals surface area contributed by atoms with Crippen molar-refractivity contribution >= 4 is 17.2 Å². The molecule has 0 fully saturated rings. The highest BCUT2D eigenvalue weighted by molar-refractivity contribution is 5.85. The van der Waals surface area contributed by atoms with Crippen LogP contribution in [-0.2, 0) is 4.79 Å². The standard InChI is InChI=1S/C13H14N2O2/c1-8-6-9(7-11(14)13(16)17)10-4-2-3-5-12(10)15-8/h2-6,11,15H,1,7,14H2,(H,16,17). The molecule has 0 aliphatic carbocycles. The number of carboxylic acids is 1. The van der Waals surface area contributed by atoms with E-state index in [4.69, 9.17) is 10.8 Å². The van der Waals surface area contributed by atoms with E-state index in [0.29, 0.717) is 6.42 Å². The van der Waals surface area contributed by atoms with Crippen LogP contribution in [-0.4, -0.2) is 17.1 Å². The second-order valence-electron chi connectivity index (χ2n) is 4.01. The summed E-state index contributed by atoms with van der Waals surface area (Å²) in [6.07, 6.45) is 2.14. The van der Waals surface area contributed by atoms with Gasteiger partial charge in [-0.1, -0.05) is 24.8 Å². The van der Waals surface area contributed by atoms with Crippen molar-refractivity contribution in [3.8, 4) is 0 Å². The Morgan fingerprint density at radius 1 is 1.47 bits per heavy atom. The van der Waals surface area contributed by atoms with Gasteiger partial charge in [0.1, 0.15) is 6.04 Å². The van der Waals surface area contributed by atoms with Crippen molar-refractivity contribution in [1.29, 1.82) is 0 Å². The molecule has 1 unspecified atom stereocenters. The Hall–Kier alpha value is -2.07. The summed E-state index contributed by atoms with van der Waals surface area (Å²) in [6, 6.07) is 6.81. The normalized spacial score (nSPS) is 15.6. The fourth-order valence-electron chi connectivity index (χ4n) is 1.86. The molecule has 1 aliphatic rings. The number of fused-ring (bicyclic) bond motifs is 1. The Morgan fingerprint density at radius 2 is 2.18 bits per heavy atom. The van der Waals surface area contributed by atoms with Crippen LogP contribution in [0.4, 0.5) is 5.69 Å². The molecule has 0 aromatic heterocycles. The molecule has 0 radical (unpaired) electrons. The van der Waals surface area contributed by atoms with Crippen molar-refractivity contribution in [2.45, 2.75) is 12.5 Å². The van der Waals surface area contributed by atoms with E-state index in [2.05, 4.69) is 11.9 Å². The van der Waals surface area contributed by atoms with E-state index < -0.39 is 12.0 Å². The Kier molecular flexibility index (Phi) is 2.97. The Morgan fingerprint density at radius 3 is 2.88 bits per heavy atom. The highest BCUT2D eigenvalue weighted by atomic mass is 16.4. The first-order valence-electron chi connectivity index (χ1n) is 5.32. The molecule has 4 nitrogen and oxygen atoms in total. The monoisotopic (exact) mass is 230 g/mol. The highest BCUT2D eigenvalue weighted by Crippen LogP contribution is 2.32. The first-order valence-corrected chi connectivity index (χ1v) is 5.32. The van der Waals surface area contributed by atoms with Crippen LogP contribution < -0.4 is 11.1 Å². The third-order valence-corrected chi connectivity index (χ3v) is 2.67. The van der Waals surface area contributed by atoms with Crippen LogP contribution in [0.3, 0.4) is 0 Å². The van der Waals surface area contributed by atoms with Crippen molar-refractivity contribution < 1.29 is 9.90 Å². The lowest BCUT2D eigenvalue weighted by atomic mass is 9.94. The molecule has 1 heterocycles. The molecule has 88 valence electrons. The molecule has 2 rings (SSSR count). The number of anilines is 1. The smallest absolute Gasteiger partial charge is 0.320 e. The van der Waals surface area contributed by atoms with Gasteiger partial charge in [0.15, 0.2) is 0 Å². The minimum Gasteiger partial charge on any atom is -0.480 e. The van der Waals surface area contributed by atoms with E-state index in [1.54, 1.807) is 0 Å². The van der Waals surface area contributed by atoms with E-state index in [-0.39, 0.29) is 0 Å². The van der Waals surface area contributed by atoms with Crippen molar-refractivity contribution in [2.75, 3.05) is 5.32 Å². The van der Waals surface area contributed by atoms with Gasteiger partial charge in [0, 0.05) is 16.9 Å². The molecule has 0 spiro atoms. The zero-order chi connectivity index (χ0) is 12.4. The third kappa shape index (κ3) is 2.37. The molecule has 4 heteroatoms. The van der Waals surface area contributed by atoms with Crippen LogP contribution in [0.5, 0.6) is 0 Å². The number of carboxylic acid groups (broad SMARTS) is 1. The Bertz CT molecular complexity index is 506. The number of benzene rings is 1. The SMILES string of the molecule is C=C1C=C(CC(N)C(=O)O)c2ccccc2N1. The number of allylic oxidation sites excluding steroid dienone is 1. The molecule has 1 aromatic rings. The van der Waals surface area contributed by atoms with E-state index in [9.17, 15) is 4.79 Å². The van der Waals surface area contributed by atoms with Crippen LogP contribution in [0.1, 0.15) is 12.0 Å². The van der Waals surface area contributed by atoms with Crippen molar-refractivity contribution in [2.24, 2.45) is 5.73 Å². The largest absolute Gasteiger partial charge is 0.480 e. The minimum atomic E-state index is -0.993. The second kappa shape index (κ2) is 4.43. The fraction of sp³-hybridized carbons (Fsp3) is 0.154. The maximum Gasteiger partial charge on any atom is 0.320 e. The molecule has 0 bridgehead atoms. The summed E-state index contributed by atoms with van der Waals surface area (Å²) in [4.78, 5) is 10.8. The van der Waals surface area contributed by atoms with Crippen LogP contribution in [0, 0.1) is 0 Å².